The van der Waals surface area contributed by atoms with Crippen LogP contribution in [-0.4, -0.2) is 29.8 Å². The molecule has 26 heavy (non-hydrogen) atoms. The van der Waals surface area contributed by atoms with E-state index in [1.807, 2.05) is 73.7 Å². The van der Waals surface area contributed by atoms with E-state index in [2.05, 4.69) is 0 Å². The van der Waals surface area contributed by atoms with Crippen molar-refractivity contribution in [1.29, 1.82) is 0 Å². The summed E-state index contributed by atoms with van der Waals surface area (Å²) in [6.07, 6.45) is 0. The Morgan fingerprint density at radius 3 is 2.35 bits per heavy atom. The summed E-state index contributed by atoms with van der Waals surface area (Å²) in [5.41, 5.74) is 3.02. The van der Waals surface area contributed by atoms with Gasteiger partial charge in [-0.05, 0) is 23.9 Å². The number of aryl methyl sites for hydroxylation is 1. The predicted molar refractivity (Wildman–Crippen MR) is 103 cm³/mol. The maximum Gasteiger partial charge on any atom is 0.316 e. The fraction of sp³-hybridized carbons (Fsp3) is 0.182. The highest BCUT2D eigenvalue weighted by Crippen LogP contribution is 2.28. The molecule has 0 radical (unpaired) electrons. The van der Waals surface area contributed by atoms with Crippen molar-refractivity contribution in [1.82, 2.24) is 4.90 Å². The SMILES string of the molecule is Cc1ccc(CN2CCN(c3cccc4ccccc34)C(=O)C2=O)cc1. The van der Waals surface area contributed by atoms with Crippen molar-refractivity contribution in [2.75, 3.05) is 18.0 Å². The van der Waals surface area contributed by atoms with Crippen LogP contribution in [0.1, 0.15) is 11.1 Å². The average molecular weight is 344 g/mol. The number of hydrogen-bond acceptors (Lipinski definition) is 2. The summed E-state index contributed by atoms with van der Waals surface area (Å²) in [6.45, 7) is 3.53. The van der Waals surface area contributed by atoms with E-state index in [9.17, 15) is 9.59 Å². The van der Waals surface area contributed by atoms with E-state index in [0.29, 0.717) is 19.6 Å². The summed E-state index contributed by atoms with van der Waals surface area (Å²) >= 11 is 0. The fourth-order valence-electron chi connectivity index (χ4n) is 3.41. The lowest BCUT2D eigenvalue weighted by Crippen LogP contribution is -2.54. The number of anilines is 1. The van der Waals surface area contributed by atoms with Gasteiger partial charge in [0.2, 0.25) is 0 Å². The number of carbonyl (C=O) groups is 2. The number of hydrogen-bond donors (Lipinski definition) is 0. The molecule has 0 N–H and O–H groups in total. The molecule has 4 nitrogen and oxygen atoms in total. The molecule has 130 valence electrons. The third-order valence-corrected chi connectivity index (χ3v) is 4.86. The van der Waals surface area contributed by atoms with Gasteiger partial charge in [-0.25, -0.2) is 0 Å². The first-order valence-corrected chi connectivity index (χ1v) is 8.77. The smallest absolute Gasteiger partial charge is 0.316 e. The standard InChI is InChI=1S/C22H20N2O2/c1-16-9-11-17(12-10-16)15-23-13-14-24(22(26)21(23)25)20-8-4-6-18-5-2-3-7-19(18)20/h2-12H,13-15H2,1H3. The number of rotatable bonds is 3. The lowest BCUT2D eigenvalue weighted by molar-refractivity contribution is -0.146. The van der Waals surface area contributed by atoms with Crippen molar-refractivity contribution < 1.29 is 9.59 Å². The zero-order valence-electron chi connectivity index (χ0n) is 14.7. The number of nitrogens with zero attached hydrogens (tertiary/aromatic N) is 2. The zero-order chi connectivity index (χ0) is 18.1. The summed E-state index contributed by atoms with van der Waals surface area (Å²) < 4.78 is 0. The lowest BCUT2D eigenvalue weighted by Gasteiger charge is -2.34. The number of carbonyl (C=O) groups excluding carboxylic acids is 2. The van der Waals surface area contributed by atoms with Gasteiger partial charge in [0.1, 0.15) is 0 Å². The van der Waals surface area contributed by atoms with Gasteiger partial charge >= 0.3 is 11.8 Å². The highest BCUT2D eigenvalue weighted by molar-refractivity contribution is 6.41. The minimum absolute atomic E-state index is 0.440. The van der Waals surface area contributed by atoms with Crippen molar-refractivity contribution in [3.05, 3.63) is 77.9 Å². The van der Waals surface area contributed by atoms with E-state index < -0.39 is 11.8 Å². The van der Waals surface area contributed by atoms with Crippen molar-refractivity contribution >= 4 is 28.3 Å². The molecule has 3 aromatic carbocycles. The second-order valence-electron chi connectivity index (χ2n) is 6.67. The van der Waals surface area contributed by atoms with Gasteiger partial charge in [0.15, 0.2) is 0 Å². The number of amides is 2. The molecular formula is C22H20N2O2. The van der Waals surface area contributed by atoms with Crippen LogP contribution in [0.3, 0.4) is 0 Å². The summed E-state index contributed by atoms with van der Waals surface area (Å²) in [7, 11) is 0. The molecule has 0 bridgehead atoms. The molecule has 4 heteroatoms. The minimum Gasteiger partial charge on any atom is -0.328 e. The normalized spacial score (nSPS) is 15.0. The highest BCUT2D eigenvalue weighted by Gasteiger charge is 2.33. The Hall–Kier alpha value is -3.14. The van der Waals surface area contributed by atoms with Gasteiger partial charge in [0, 0.05) is 25.0 Å². The van der Waals surface area contributed by atoms with Crippen molar-refractivity contribution in [3.8, 4) is 0 Å². The van der Waals surface area contributed by atoms with Gasteiger partial charge in [-0.2, -0.15) is 0 Å². The van der Waals surface area contributed by atoms with Crippen LogP contribution in [0.4, 0.5) is 5.69 Å². The maximum absolute atomic E-state index is 12.8. The van der Waals surface area contributed by atoms with E-state index in [-0.39, 0.29) is 0 Å². The Balaban J connectivity index is 1.58. The summed E-state index contributed by atoms with van der Waals surface area (Å²) in [4.78, 5) is 28.7. The van der Waals surface area contributed by atoms with E-state index in [0.717, 1.165) is 22.0 Å². The van der Waals surface area contributed by atoms with Gasteiger partial charge in [-0.15, -0.1) is 0 Å². The van der Waals surface area contributed by atoms with Crippen molar-refractivity contribution in [2.24, 2.45) is 0 Å². The van der Waals surface area contributed by atoms with Crippen LogP contribution in [0.25, 0.3) is 10.8 Å². The molecule has 1 heterocycles. The van der Waals surface area contributed by atoms with E-state index >= 15 is 0 Å². The Morgan fingerprint density at radius 1 is 0.808 bits per heavy atom. The lowest BCUT2D eigenvalue weighted by atomic mass is 10.1. The van der Waals surface area contributed by atoms with Crippen molar-refractivity contribution in [2.45, 2.75) is 13.5 Å². The Labute approximate surface area is 152 Å². The number of benzene rings is 3. The van der Waals surface area contributed by atoms with E-state index in [1.54, 1.807) is 9.80 Å². The van der Waals surface area contributed by atoms with Crippen LogP contribution in [-0.2, 0) is 16.1 Å². The van der Waals surface area contributed by atoms with E-state index in [4.69, 9.17) is 0 Å². The third kappa shape index (κ3) is 2.94. The van der Waals surface area contributed by atoms with Crippen LogP contribution in [0, 0.1) is 6.92 Å². The minimum atomic E-state index is -0.459. The second kappa shape index (κ2) is 6.64. The molecule has 0 aromatic heterocycles. The average Bonchev–Trinajstić information content (AvgIpc) is 2.67. The largest absolute Gasteiger partial charge is 0.328 e. The molecule has 1 fully saturated rings. The van der Waals surface area contributed by atoms with Gasteiger partial charge in [0.25, 0.3) is 0 Å². The molecule has 2 amide bonds. The summed E-state index contributed by atoms with van der Waals surface area (Å²) in [6, 6.07) is 21.8. The first-order chi connectivity index (χ1) is 12.6. The van der Waals surface area contributed by atoms with Crippen LogP contribution in [0.2, 0.25) is 0 Å². The first-order valence-electron chi connectivity index (χ1n) is 8.77. The molecule has 0 unspecified atom stereocenters. The maximum atomic E-state index is 12.8. The van der Waals surface area contributed by atoms with Gasteiger partial charge in [-0.1, -0.05) is 66.2 Å². The molecule has 1 aliphatic heterocycles. The second-order valence-corrected chi connectivity index (χ2v) is 6.67. The first kappa shape index (κ1) is 16.3. The molecular weight excluding hydrogens is 324 g/mol. The van der Waals surface area contributed by atoms with Gasteiger partial charge in [0.05, 0.1) is 5.69 Å². The molecule has 0 aliphatic carbocycles. The molecule has 4 rings (SSSR count). The molecule has 0 spiro atoms. The van der Waals surface area contributed by atoms with E-state index in [1.165, 1.54) is 5.56 Å². The molecule has 1 aliphatic rings. The quantitative estimate of drug-likeness (QED) is 0.682. The number of piperazine rings is 1. The Morgan fingerprint density at radius 2 is 1.54 bits per heavy atom. The third-order valence-electron chi connectivity index (χ3n) is 4.86. The summed E-state index contributed by atoms with van der Waals surface area (Å²) in [5, 5.41) is 2.05. The van der Waals surface area contributed by atoms with Crippen LogP contribution in [0.5, 0.6) is 0 Å². The molecule has 3 aromatic rings. The zero-order valence-corrected chi connectivity index (χ0v) is 14.7. The Bertz CT molecular complexity index is 974. The fourth-order valence-corrected chi connectivity index (χ4v) is 3.41. The van der Waals surface area contributed by atoms with Crippen LogP contribution < -0.4 is 4.90 Å². The van der Waals surface area contributed by atoms with Crippen molar-refractivity contribution in [3.63, 3.8) is 0 Å². The van der Waals surface area contributed by atoms with Crippen LogP contribution >= 0.6 is 0 Å². The highest BCUT2D eigenvalue weighted by atomic mass is 16.2. The molecule has 0 atom stereocenters. The molecule has 1 saturated heterocycles. The Kier molecular flexibility index (Phi) is 4.17. The van der Waals surface area contributed by atoms with Gasteiger partial charge < -0.3 is 9.80 Å². The predicted octanol–water partition coefficient (Wildman–Crippen LogP) is 3.52. The molecule has 0 saturated carbocycles. The van der Waals surface area contributed by atoms with Gasteiger partial charge in [-0.3, -0.25) is 9.59 Å². The summed E-state index contributed by atoms with van der Waals surface area (Å²) in [5.74, 6) is -0.899. The van der Waals surface area contributed by atoms with Crippen LogP contribution in [0.15, 0.2) is 66.7 Å². The topological polar surface area (TPSA) is 40.6 Å². The number of fused-ring (bicyclic) bond motifs is 1. The monoisotopic (exact) mass is 344 g/mol.